The van der Waals surface area contributed by atoms with Crippen LogP contribution in [0.15, 0.2) is 48.7 Å². The fourth-order valence-electron chi connectivity index (χ4n) is 3.54. The lowest BCUT2D eigenvalue weighted by atomic mass is 10.00. The minimum Gasteiger partial charge on any atom is -0.298 e. The molecule has 0 saturated carbocycles. The minimum absolute atomic E-state index is 0.889. The van der Waals surface area contributed by atoms with Crippen LogP contribution in [0.3, 0.4) is 0 Å². The van der Waals surface area contributed by atoms with E-state index in [0.29, 0.717) is 0 Å². The van der Waals surface area contributed by atoms with Gasteiger partial charge in [-0.25, -0.2) is 9.97 Å². The first-order chi connectivity index (χ1) is 11.3. The predicted octanol–water partition coefficient (Wildman–Crippen LogP) is 3.54. The summed E-state index contributed by atoms with van der Waals surface area (Å²) < 4.78 is 0. The molecule has 3 nitrogen and oxygen atoms in total. The van der Waals surface area contributed by atoms with Crippen LogP contribution < -0.4 is 0 Å². The Bertz CT molecular complexity index is 827. The van der Waals surface area contributed by atoms with Crippen LogP contribution in [0.2, 0.25) is 0 Å². The van der Waals surface area contributed by atoms with Crippen LogP contribution in [0.1, 0.15) is 22.4 Å². The van der Waals surface area contributed by atoms with E-state index in [0.717, 1.165) is 38.1 Å². The maximum absolute atomic E-state index is 4.84. The second kappa shape index (κ2) is 6.09. The molecule has 0 radical (unpaired) electrons. The Morgan fingerprint density at radius 2 is 1.83 bits per heavy atom. The van der Waals surface area contributed by atoms with Gasteiger partial charge in [0.05, 0.1) is 0 Å². The highest BCUT2D eigenvalue weighted by Crippen LogP contribution is 2.25. The molecule has 116 valence electrons. The van der Waals surface area contributed by atoms with Crippen molar-refractivity contribution in [3.05, 3.63) is 71.0 Å². The van der Waals surface area contributed by atoms with Gasteiger partial charge in [-0.3, -0.25) is 4.90 Å². The molecule has 0 N–H and O–H groups in total. The third-order valence-corrected chi connectivity index (χ3v) is 4.82. The molecular formula is C20H21N3. The summed E-state index contributed by atoms with van der Waals surface area (Å²) in [6.45, 7) is 5.39. The average molecular weight is 303 g/mol. The van der Waals surface area contributed by atoms with Gasteiger partial charge in [0.15, 0.2) is 5.65 Å². The third kappa shape index (κ3) is 2.84. The molecule has 0 aliphatic carbocycles. The monoisotopic (exact) mass is 303 g/mol. The fraction of sp³-hybridized carbons (Fsp3) is 0.300. The van der Waals surface area contributed by atoms with E-state index in [4.69, 9.17) is 4.98 Å². The number of aryl methyl sites for hydroxylation is 1. The van der Waals surface area contributed by atoms with Crippen molar-refractivity contribution in [3.8, 4) is 0 Å². The van der Waals surface area contributed by atoms with E-state index >= 15 is 0 Å². The first kappa shape index (κ1) is 14.3. The molecule has 0 atom stereocenters. The highest BCUT2D eigenvalue weighted by Gasteiger charge is 2.18. The van der Waals surface area contributed by atoms with Crippen molar-refractivity contribution in [2.75, 3.05) is 13.1 Å². The highest BCUT2D eigenvalue weighted by molar-refractivity contribution is 5.80. The van der Waals surface area contributed by atoms with Gasteiger partial charge in [0.2, 0.25) is 0 Å². The van der Waals surface area contributed by atoms with Gasteiger partial charge in [-0.05, 0) is 42.2 Å². The van der Waals surface area contributed by atoms with Gasteiger partial charge >= 0.3 is 0 Å². The SMILES string of the molecule is Cc1c2c(nc3ncccc13)CCN(Cc1ccccc1)CC2. The molecule has 1 aromatic carbocycles. The Hall–Kier alpha value is -2.26. The zero-order valence-corrected chi connectivity index (χ0v) is 13.5. The molecule has 0 saturated heterocycles. The zero-order chi connectivity index (χ0) is 15.6. The van der Waals surface area contributed by atoms with Crippen LogP contribution >= 0.6 is 0 Å². The maximum Gasteiger partial charge on any atom is 0.159 e. The lowest BCUT2D eigenvalue weighted by Crippen LogP contribution is -2.25. The Morgan fingerprint density at radius 3 is 2.70 bits per heavy atom. The average Bonchev–Trinajstić information content (AvgIpc) is 2.79. The number of nitrogens with zero attached hydrogens (tertiary/aromatic N) is 3. The van der Waals surface area contributed by atoms with Crippen molar-refractivity contribution < 1.29 is 0 Å². The lowest BCUT2D eigenvalue weighted by Gasteiger charge is -2.19. The van der Waals surface area contributed by atoms with Gasteiger partial charge < -0.3 is 0 Å². The Kier molecular flexibility index (Phi) is 3.80. The number of aromatic nitrogens is 2. The van der Waals surface area contributed by atoms with E-state index in [9.17, 15) is 0 Å². The molecule has 0 fully saturated rings. The van der Waals surface area contributed by atoms with Crippen molar-refractivity contribution in [1.29, 1.82) is 0 Å². The minimum atomic E-state index is 0.889. The summed E-state index contributed by atoms with van der Waals surface area (Å²) in [5.74, 6) is 0. The number of rotatable bonds is 2. The zero-order valence-electron chi connectivity index (χ0n) is 13.5. The molecule has 0 spiro atoms. The summed E-state index contributed by atoms with van der Waals surface area (Å²) in [7, 11) is 0. The molecule has 3 heterocycles. The quantitative estimate of drug-likeness (QED) is 0.725. The summed E-state index contributed by atoms with van der Waals surface area (Å²) >= 11 is 0. The van der Waals surface area contributed by atoms with Crippen LogP contribution in [0, 0.1) is 6.92 Å². The third-order valence-electron chi connectivity index (χ3n) is 4.82. The van der Waals surface area contributed by atoms with Gasteiger partial charge in [0.1, 0.15) is 0 Å². The van der Waals surface area contributed by atoms with Crippen LogP contribution in [0.25, 0.3) is 11.0 Å². The molecular weight excluding hydrogens is 282 g/mol. The Morgan fingerprint density at radius 1 is 1.00 bits per heavy atom. The van der Waals surface area contributed by atoms with Gasteiger partial charge in [0, 0.05) is 43.3 Å². The predicted molar refractivity (Wildman–Crippen MR) is 93.4 cm³/mol. The number of fused-ring (bicyclic) bond motifs is 2. The topological polar surface area (TPSA) is 29.0 Å². The number of benzene rings is 1. The maximum atomic E-state index is 4.84. The van der Waals surface area contributed by atoms with E-state index in [2.05, 4.69) is 53.2 Å². The molecule has 0 unspecified atom stereocenters. The molecule has 3 aromatic rings. The smallest absolute Gasteiger partial charge is 0.159 e. The number of hydrogen-bond acceptors (Lipinski definition) is 3. The largest absolute Gasteiger partial charge is 0.298 e. The number of pyridine rings is 2. The van der Waals surface area contributed by atoms with Gasteiger partial charge in [-0.15, -0.1) is 0 Å². The molecule has 1 aliphatic heterocycles. The van der Waals surface area contributed by atoms with E-state index < -0.39 is 0 Å². The normalized spacial score (nSPS) is 15.3. The lowest BCUT2D eigenvalue weighted by molar-refractivity contribution is 0.279. The van der Waals surface area contributed by atoms with Crippen molar-refractivity contribution >= 4 is 11.0 Å². The summed E-state index contributed by atoms with van der Waals surface area (Å²) in [4.78, 5) is 11.8. The second-order valence-corrected chi connectivity index (χ2v) is 6.30. The van der Waals surface area contributed by atoms with Crippen LogP contribution in [0.4, 0.5) is 0 Å². The van der Waals surface area contributed by atoms with Crippen molar-refractivity contribution in [2.45, 2.75) is 26.3 Å². The molecule has 1 aliphatic rings. The van der Waals surface area contributed by atoms with Crippen LogP contribution in [-0.2, 0) is 19.4 Å². The molecule has 23 heavy (non-hydrogen) atoms. The van der Waals surface area contributed by atoms with E-state index in [1.807, 2.05) is 12.3 Å². The molecule has 0 amide bonds. The first-order valence-corrected chi connectivity index (χ1v) is 8.30. The standard InChI is InChI=1S/C20H21N3/c1-15-17-9-12-23(14-16-6-3-2-4-7-16)13-10-19(17)22-20-18(15)8-5-11-21-20/h2-8,11H,9-10,12-14H2,1H3. The first-order valence-electron chi connectivity index (χ1n) is 8.30. The fourth-order valence-corrected chi connectivity index (χ4v) is 3.54. The van der Waals surface area contributed by atoms with Crippen molar-refractivity contribution in [2.24, 2.45) is 0 Å². The van der Waals surface area contributed by atoms with Crippen molar-refractivity contribution in [1.82, 2.24) is 14.9 Å². The summed E-state index contributed by atoms with van der Waals surface area (Å²) in [5.41, 5.74) is 6.31. The van der Waals surface area contributed by atoms with Gasteiger partial charge in [0.25, 0.3) is 0 Å². The van der Waals surface area contributed by atoms with E-state index in [1.165, 1.54) is 27.8 Å². The molecule has 0 bridgehead atoms. The van der Waals surface area contributed by atoms with Crippen molar-refractivity contribution in [3.63, 3.8) is 0 Å². The molecule has 2 aromatic heterocycles. The van der Waals surface area contributed by atoms with Crippen LogP contribution in [0.5, 0.6) is 0 Å². The molecule has 4 rings (SSSR count). The Labute approximate surface area is 137 Å². The van der Waals surface area contributed by atoms with Crippen LogP contribution in [-0.4, -0.2) is 28.0 Å². The van der Waals surface area contributed by atoms with E-state index in [-0.39, 0.29) is 0 Å². The summed E-state index contributed by atoms with van der Waals surface area (Å²) in [6, 6.07) is 14.9. The highest BCUT2D eigenvalue weighted by atomic mass is 15.1. The molecule has 3 heteroatoms. The van der Waals surface area contributed by atoms with E-state index in [1.54, 1.807) is 0 Å². The second-order valence-electron chi connectivity index (χ2n) is 6.30. The summed E-state index contributed by atoms with van der Waals surface area (Å²) in [5, 5.41) is 1.20. The number of hydrogen-bond donors (Lipinski definition) is 0. The Balaban J connectivity index is 1.61. The van der Waals surface area contributed by atoms with Gasteiger partial charge in [-0.1, -0.05) is 30.3 Å². The summed E-state index contributed by atoms with van der Waals surface area (Å²) in [6.07, 6.45) is 3.92. The van der Waals surface area contributed by atoms with Gasteiger partial charge in [-0.2, -0.15) is 0 Å².